The van der Waals surface area contributed by atoms with Crippen molar-refractivity contribution in [3.8, 4) is 5.88 Å². The molecule has 1 saturated heterocycles. The average molecular weight is 461 g/mol. The average Bonchev–Trinajstić information content (AvgIpc) is 3.36. The van der Waals surface area contributed by atoms with Crippen LogP contribution in [-0.4, -0.2) is 58.4 Å². The van der Waals surface area contributed by atoms with Gasteiger partial charge in [-0.2, -0.15) is 4.98 Å². The Morgan fingerprint density at radius 2 is 1.88 bits per heavy atom. The zero-order chi connectivity index (χ0) is 22.9. The van der Waals surface area contributed by atoms with Gasteiger partial charge in [0.15, 0.2) is 11.4 Å². The first-order chi connectivity index (χ1) is 16.7. The Kier molecular flexibility index (Phi) is 5.62. The molecule has 0 amide bonds. The summed E-state index contributed by atoms with van der Waals surface area (Å²) in [7, 11) is 0. The number of nitrogens with one attached hydrogen (secondary N) is 1. The fourth-order valence-corrected chi connectivity index (χ4v) is 4.80. The number of fused-ring (bicyclic) bond motifs is 2. The molecule has 5 heterocycles. The molecule has 9 heteroatoms. The maximum Gasteiger partial charge on any atom is 0.225 e. The predicted molar refractivity (Wildman–Crippen MR) is 129 cm³/mol. The van der Waals surface area contributed by atoms with Gasteiger partial charge in [0.25, 0.3) is 0 Å². The van der Waals surface area contributed by atoms with Gasteiger partial charge < -0.3 is 24.1 Å². The van der Waals surface area contributed by atoms with Crippen molar-refractivity contribution in [1.29, 1.82) is 0 Å². The van der Waals surface area contributed by atoms with Gasteiger partial charge in [0, 0.05) is 37.5 Å². The van der Waals surface area contributed by atoms with Crippen LogP contribution in [0.5, 0.6) is 5.88 Å². The Morgan fingerprint density at radius 3 is 2.74 bits per heavy atom. The summed E-state index contributed by atoms with van der Waals surface area (Å²) >= 11 is 0. The van der Waals surface area contributed by atoms with E-state index in [1.807, 2.05) is 19.2 Å². The van der Waals surface area contributed by atoms with Crippen molar-refractivity contribution in [2.75, 3.05) is 36.5 Å². The number of nitrogens with zero attached hydrogens (tertiary/aromatic N) is 5. The molecule has 9 nitrogen and oxygen atoms in total. The third-order valence-corrected chi connectivity index (χ3v) is 6.64. The van der Waals surface area contributed by atoms with Crippen LogP contribution in [0.4, 0.5) is 11.6 Å². The van der Waals surface area contributed by atoms with Crippen molar-refractivity contribution in [1.82, 2.24) is 19.9 Å². The molecule has 2 aliphatic rings. The van der Waals surface area contributed by atoms with Gasteiger partial charge in [0.1, 0.15) is 23.8 Å². The normalized spacial score (nSPS) is 21.1. The number of rotatable bonds is 5. The molecular weight excluding hydrogens is 432 g/mol. The van der Waals surface area contributed by atoms with Crippen LogP contribution in [-0.2, 0) is 4.74 Å². The zero-order valence-electron chi connectivity index (χ0n) is 19.2. The van der Waals surface area contributed by atoms with Gasteiger partial charge in [0.05, 0.1) is 30.4 Å². The van der Waals surface area contributed by atoms with Crippen molar-refractivity contribution in [3.05, 3.63) is 42.5 Å². The molecule has 4 aromatic heterocycles. The van der Waals surface area contributed by atoms with Gasteiger partial charge in [-0.05, 0) is 44.2 Å². The summed E-state index contributed by atoms with van der Waals surface area (Å²) in [5.74, 6) is 2.34. The van der Waals surface area contributed by atoms with Crippen LogP contribution in [0.3, 0.4) is 0 Å². The Morgan fingerprint density at radius 1 is 1.03 bits per heavy atom. The zero-order valence-corrected chi connectivity index (χ0v) is 19.2. The lowest BCUT2D eigenvalue weighted by molar-refractivity contribution is 0.122. The van der Waals surface area contributed by atoms with E-state index in [-0.39, 0.29) is 6.10 Å². The molecular formula is C25H28N6O3. The van der Waals surface area contributed by atoms with Gasteiger partial charge in [-0.15, -0.1) is 0 Å². The summed E-state index contributed by atoms with van der Waals surface area (Å²) in [5, 5.41) is 4.51. The number of aromatic nitrogens is 4. The lowest BCUT2D eigenvalue weighted by atomic mass is 9.93. The fourth-order valence-electron chi connectivity index (χ4n) is 4.80. The van der Waals surface area contributed by atoms with Crippen LogP contribution in [0.25, 0.3) is 22.0 Å². The van der Waals surface area contributed by atoms with E-state index in [9.17, 15) is 0 Å². The largest absolute Gasteiger partial charge is 0.474 e. The summed E-state index contributed by atoms with van der Waals surface area (Å²) in [6, 6.07) is 6.35. The molecule has 0 unspecified atom stereocenters. The first-order valence-electron chi connectivity index (χ1n) is 11.9. The third-order valence-electron chi connectivity index (χ3n) is 6.64. The van der Waals surface area contributed by atoms with Crippen molar-refractivity contribution in [3.63, 3.8) is 0 Å². The molecule has 0 aromatic carbocycles. The van der Waals surface area contributed by atoms with E-state index in [1.54, 1.807) is 12.6 Å². The topological polar surface area (TPSA) is 98.4 Å². The fraction of sp³-hybridized carbons (Fsp3) is 0.440. The van der Waals surface area contributed by atoms with Crippen molar-refractivity contribution < 1.29 is 13.9 Å². The van der Waals surface area contributed by atoms with Crippen LogP contribution < -0.4 is 15.0 Å². The number of hydrogen-bond donors (Lipinski definition) is 1. The molecule has 0 spiro atoms. The molecule has 1 aliphatic carbocycles. The minimum absolute atomic E-state index is 0.114. The molecule has 1 aliphatic heterocycles. The SMILES string of the molecule is Cc1cnc2cc(N3CCOCC3)nc(O[C@H]3CC[C@@H](Nc4ncnc5ccoc45)CC3)c2c1. The number of furan rings is 1. The summed E-state index contributed by atoms with van der Waals surface area (Å²) < 4.78 is 17.6. The molecule has 0 atom stereocenters. The molecule has 176 valence electrons. The van der Waals surface area contributed by atoms with Crippen LogP contribution in [0.15, 0.2) is 41.4 Å². The summed E-state index contributed by atoms with van der Waals surface area (Å²) in [5.41, 5.74) is 3.54. The summed E-state index contributed by atoms with van der Waals surface area (Å²) in [6.07, 6.45) is 9.07. The Bertz CT molecular complexity index is 1290. The summed E-state index contributed by atoms with van der Waals surface area (Å²) in [6.45, 7) is 5.13. The van der Waals surface area contributed by atoms with Gasteiger partial charge in [-0.25, -0.2) is 9.97 Å². The van der Waals surface area contributed by atoms with E-state index in [1.165, 1.54) is 0 Å². The number of morpholine rings is 1. The maximum atomic E-state index is 6.53. The summed E-state index contributed by atoms with van der Waals surface area (Å²) in [4.78, 5) is 20.5. The van der Waals surface area contributed by atoms with Gasteiger partial charge in [-0.1, -0.05) is 0 Å². The second-order valence-electron chi connectivity index (χ2n) is 9.06. The minimum Gasteiger partial charge on any atom is -0.474 e. The van der Waals surface area contributed by atoms with E-state index in [4.69, 9.17) is 18.9 Å². The highest BCUT2D eigenvalue weighted by molar-refractivity contribution is 5.86. The number of pyridine rings is 2. The lowest BCUT2D eigenvalue weighted by Gasteiger charge is -2.31. The molecule has 34 heavy (non-hydrogen) atoms. The third kappa shape index (κ3) is 4.23. The number of ether oxygens (including phenoxy) is 2. The number of anilines is 2. The van der Waals surface area contributed by atoms with E-state index in [2.05, 4.69) is 37.3 Å². The van der Waals surface area contributed by atoms with Crippen LogP contribution >= 0.6 is 0 Å². The molecule has 1 N–H and O–H groups in total. The van der Waals surface area contributed by atoms with Gasteiger partial charge in [0.2, 0.25) is 5.88 Å². The quantitative estimate of drug-likeness (QED) is 0.472. The van der Waals surface area contributed by atoms with Gasteiger partial charge >= 0.3 is 0 Å². The van der Waals surface area contributed by atoms with Gasteiger partial charge in [-0.3, -0.25) is 4.98 Å². The minimum atomic E-state index is 0.114. The first-order valence-corrected chi connectivity index (χ1v) is 11.9. The number of hydrogen-bond acceptors (Lipinski definition) is 9. The second-order valence-corrected chi connectivity index (χ2v) is 9.06. The van der Waals surface area contributed by atoms with Crippen LogP contribution in [0.2, 0.25) is 0 Å². The standard InChI is InChI=1S/C25H28N6O3/c1-16-12-19-21(26-14-16)13-22(31-7-10-32-11-8-31)30-25(19)34-18-4-2-17(3-5-18)29-24-23-20(6-9-33-23)27-15-28-24/h6,9,12-15,17-18H,2-5,7-8,10-11H2,1H3,(H,27,28,29)/t17-,18+. The number of aryl methyl sites for hydroxylation is 1. The Balaban J connectivity index is 1.18. The lowest BCUT2D eigenvalue weighted by Crippen LogP contribution is -2.37. The van der Waals surface area contributed by atoms with Crippen LogP contribution in [0.1, 0.15) is 31.2 Å². The molecule has 6 rings (SSSR count). The molecule has 2 fully saturated rings. The molecule has 0 radical (unpaired) electrons. The Labute approximate surface area is 197 Å². The first kappa shape index (κ1) is 21.1. The van der Waals surface area contributed by atoms with E-state index >= 15 is 0 Å². The van der Waals surface area contributed by atoms with Crippen molar-refractivity contribution in [2.24, 2.45) is 0 Å². The second kappa shape index (κ2) is 9.06. The molecule has 0 bridgehead atoms. The van der Waals surface area contributed by atoms with Crippen LogP contribution in [0, 0.1) is 6.92 Å². The Hall–Kier alpha value is -3.46. The highest BCUT2D eigenvalue weighted by Crippen LogP contribution is 2.32. The smallest absolute Gasteiger partial charge is 0.225 e. The molecule has 1 saturated carbocycles. The highest BCUT2D eigenvalue weighted by atomic mass is 16.5. The highest BCUT2D eigenvalue weighted by Gasteiger charge is 2.25. The van der Waals surface area contributed by atoms with E-state index in [0.717, 1.165) is 72.4 Å². The van der Waals surface area contributed by atoms with E-state index < -0.39 is 0 Å². The van der Waals surface area contributed by atoms with Crippen molar-refractivity contribution >= 4 is 33.6 Å². The predicted octanol–water partition coefficient (Wildman–Crippen LogP) is 4.11. The monoisotopic (exact) mass is 460 g/mol. The van der Waals surface area contributed by atoms with Crippen molar-refractivity contribution in [2.45, 2.75) is 44.8 Å². The maximum absolute atomic E-state index is 6.53. The molecule has 4 aromatic rings. The van der Waals surface area contributed by atoms with E-state index in [0.29, 0.717) is 30.7 Å².